The number of nitrogens with zero attached hydrogens (tertiary/aromatic N) is 3. The molecule has 3 heterocycles. The number of benzene rings is 1. The van der Waals surface area contributed by atoms with Gasteiger partial charge in [-0.3, -0.25) is 9.36 Å². The van der Waals surface area contributed by atoms with Crippen molar-refractivity contribution in [2.45, 2.75) is 13.6 Å². The maximum Gasteiger partial charge on any atom is 0.271 e. The van der Waals surface area contributed by atoms with E-state index in [-0.39, 0.29) is 5.56 Å². The minimum atomic E-state index is -0.0456. The molecule has 1 aliphatic heterocycles. The number of thiazole rings is 1. The van der Waals surface area contributed by atoms with Crippen molar-refractivity contribution in [3.63, 3.8) is 0 Å². The molecule has 0 saturated carbocycles. The fourth-order valence-electron chi connectivity index (χ4n) is 2.70. The molecule has 1 aliphatic rings. The Balaban J connectivity index is 1.63. The molecule has 0 bridgehead atoms. The van der Waals surface area contributed by atoms with Crippen LogP contribution in [0.3, 0.4) is 0 Å². The van der Waals surface area contributed by atoms with E-state index in [0.29, 0.717) is 30.2 Å². The van der Waals surface area contributed by atoms with Gasteiger partial charge in [0.05, 0.1) is 17.4 Å². The third-order valence-electron chi connectivity index (χ3n) is 3.91. The lowest BCUT2D eigenvalue weighted by Crippen LogP contribution is -2.42. The molecule has 0 fully saturated rings. The number of hydrogen-bond acceptors (Lipinski definition) is 6. The number of rotatable bonds is 4. The maximum absolute atomic E-state index is 12.6. The van der Waals surface area contributed by atoms with E-state index < -0.39 is 0 Å². The van der Waals surface area contributed by atoms with Crippen LogP contribution >= 0.6 is 11.3 Å². The van der Waals surface area contributed by atoms with E-state index in [1.807, 2.05) is 42.2 Å². The van der Waals surface area contributed by atoms with Gasteiger partial charge in [0.1, 0.15) is 24.8 Å². The number of aromatic nitrogens is 1. The van der Waals surface area contributed by atoms with Crippen molar-refractivity contribution in [1.29, 1.82) is 0 Å². The molecule has 0 unspecified atom stereocenters. The van der Waals surface area contributed by atoms with Crippen LogP contribution in [0.1, 0.15) is 12.7 Å². The van der Waals surface area contributed by atoms with Gasteiger partial charge in [0.15, 0.2) is 4.80 Å². The van der Waals surface area contributed by atoms with Crippen LogP contribution in [0.5, 0.6) is 5.75 Å². The van der Waals surface area contributed by atoms with Crippen LogP contribution in [0.2, 0.25) is 0 Å². The average molecular weight is 355 g/mol. The molecule has 0 spiro atoms. The average Bonchev–Trinajstić information content (AvgIpc) is 3.25. The van der Waals surface area contributed by atoms with Crippen LogP contribution in [0, 0.1) is 0 Å². The highest BCUT2D eigenvalue weighted by Crippen LogP contribution is 2.20. The summed E-state index contributed by atoms with van der Waals surface area (Å²) in [7, 11) is 0. The van der Waals surface area contributed by atoms with Gasteiger partial charge in [-0.1, -0.05) is 11.3 Å². The largest absolute Gasteiger partial charge is 0.494 e. The molecule has 25 heavy (non-hydrogen) atoms. The summed E-state index contributed by atoms with van der Waals surface area (Å²) in [6.07, 6.45) is 3.35. The highest BCUT2D eigenvalue weighted by Gasteiger charge is 2.16. The van der Waals surface area contributed by atoms with E-state index in [2.05, 4.69) is 4.99 Å². The van der Waals surface area contributed by atoms with Crippen molar-refractivity contribution in [2.75, 3.05) is 18.2 Å². The predicted molar refractivity (Wildman–Crippen MR) is 96.6 cm³/mol. The van der Waals surface area contributed by atoms with Crippen LogP contribution in [0.25, 0.3) is 6.08 Å². The fraction of sp³-hybridized carbons (Fsp3) is 0.222. The smallest absolute Gasteiger partial charge is 0.271 e. The Morgan fingerprint density at radius 1 is 1.32 bits per heavy atom. The Kier molecular flexibility index (Phi) is 4.15. The Morgan fingerprint density at radius 2 is 2.16 bits per heavy atom. The Labute approximate surface area is 147 Å². The molecule has 6 nitrogen and oxygen atoms in total. The summed E-state index contributed by atoms with van der Waals surface area (Å²) in [6, 6.07) is 11.5. The van der Waals surface area contributed by atoms with Crippen molar-refractivity contribution >= 4 is 23.1 Å². The Hall–Kier alpha value is -2.80. The van der Waals surface area contributed by atoms with Gasteiger partial charge >= 0.3 is 0 Å². The molecule has 7 heteroatoms. The molecule has 0 radical (unpaired) electrons. The zero-order valence-electron chi connectivity index (χ0n) is 13.7. The zero-order chi connectivity index (χ0) is 17.2. The van der Waals surface area contributed by atoms with Crippen LogP contribution in [0.4, 0.5) is 5.69 Å². The van der Waals surface area contributed by atoms with E-state index >= 15 is 0 Å². The summed E-state index contributed by atoms with van der Waals surface area (Å²) in [5.74, 6) is 1.50. The molecular formula is C18H17N3O3S. The molecule has 0 saturated heterocycles. The van der Waals surface area contributed by atoms with Gasteiger partial charge in [-0.15, -0.1) is 0 Å². The number of furan rings is 1. The lowest BCUT2D eigenvalue weighted by Gasteiger charge is -2.25. The summed E-state index contributed by atoms with van der Waals surface area (Å²) >= 11 is 1.39. The monoisotopic (exact) mass is 355 g/mol. The van der Waals surface area contributed by atoms with Gasteiger partial charge in [0.2, 0.25) is 0 Å². The van der Waals surface area contributed by atoms with E-state index in [4.69, 9.17) is 9.15 Å². The zero-order valence-corrected chi connectivity index (χ0v) is 14.5. The van der Waals surface area contributed by atoms with Crippen molar-refractivity contribution in [3.05, 3.63) is 68.1 Å². The highest BCUT2D eigenvalue weighted by atomic mass is 32.1. The van der Waals surface area contributed by atoms with Gasteiger partial charge in [-0.2, -0.15) is 0 Å². The van der Waals surface area contributed by atoms with Crippen molar-refractivity contribution in [3.8, 4) is 5.75 Å². The van der Waals surface area contributed by atoms with Gasteiger partial charge in [-0.05, 0) is 43.3 Å². The minimum Gasteiger partial charge on any atom is -0.494 e. The van der Waals surface area contributed by atoms with Gasteiger partial charge in [0.25, 0.3) is 5.56 Å². The maximum atomic E-state index is 12.6. The topological polar surface area (TPSA) is 60.0 Å². The first-order chi connectivity index (χ1) is 12.2. The Bertz CT molecular complexity index is 1030. The van der Waals surface area contributed by atoms with Gasteiger partial charge < -0.3 is 14.1 Å². The molecule has 0 aliphatic carbocycles. The summed E-state index contributed by atoms with van der Waals surface area (Å²) in [4.78, 5) is 20.0. The number of ether oxygens (including phenoxy) is 1. The van der Waals surface area contributed by atoms with E-state index in [1.54, 1.807) is 23.0 Å². The standard InChI is InChI=1S/C18H17N3O3S/c1-2-23-14-7-5-13(6-8-14)20-11-19-18-21(12-20)17(22)16(25-18)10-15-4-3-9-24-15/h3-10H,2,11-12H2,1H3. The van der Waals surface area contributed by atoms with Crippen LogP contribution in [0.15, 0.2) is 56.9 Å². The second kappa shape index (κ2) is 6.60. The molecule has 1 aromatic carbocycles. The number of fused-ring (bicyclic) bond motifs is 1. The third-order valence-corrected chi connectivity index (χ3v) is 4.95. The van der Waals surface area contributed by atoms with Gasteiger partial charge in [-0.25, -0.2) is 4.99 Å². The highest BCUT2D eigenvalue weighted by molar-refractivity contribution is 7.07. The molecule has 0 amide bonds. The first-order valence-corrected chi connectivity index (χ1v) is 8.83. The molecule has 3 aromatic rings. The summed E-state index contributed by atoms with van der Waals surface area (Å²) in [5.41, 5.74) is 0.961. The number of hydrogen-bond donors (Lipinski definition) is 0. The molecule has 128 valence electrons. The van der Waals surface area contributed by atoms with Gasteiger partial charge in [0, 0.05) is 11.8 Å². The van der Waals surface area contributed by atoms with Crippen molar-refractivity contribution in [1.82, 2.24) is 4.57 Å². The second-order valence-corrected chi connectivity index (χ2v) is 6.56. The molecule has 4 rings (SSSR count). The Morgan fingerprint density at radius 3 is 2.88 bits per heavy atom. The summed E-state index contributed by atoms with van der Waals surface area (Å²) in [6.45, 7) is 3.60. The molecule has 2 aromatic heterocycles. The molecular weight excluding hydrogens is 338 g/mol. The van der Waals surface area contributed by atoms with Crippen molar-refractivity contribution < 1.29 is 9.15 Å². The SMILES string of the molecule is CCOc1ccc(N2CN=c3sc(=Cc4ccco4)c(=O)n3C2)cc1. The lowest BCUT2D eigenvalue weighted by atomic mass is 10.3. The third kappa shape index (κ3) is 3.10. The van der Waals surface area contributed by atoms with E-state index in [9.17, 15) is 4.79 Å². The predicted octanol–water partition coefficient (Wildman–Crippen LogP) is 1.79. The van der Waals surface area contributed by atoms with Crippen LogP contribution in [-0.4, -0.2) is 17.8 Å². The lowest BCUT2D eigenvalue weighted by molar-refractivity contribution is 0.340. The normalized spacial score (nSPS) is 14.3. The number of anilines is 1. The first kappa shape index (κ1) is 15.7. The fourth-order valence-corrected chi connectivity index (χ4v) is 3.64. The quantitative estimate of drug-likeness (QED) is 0.716. The summed E-state index contributed by atoms with van der Waals surface area (Å²) in [5, 5.41) is 0. The molecule has 0 atom stereocenters. The first-order valence-electron chi connectivity index (χ1n) is 8.02. The second-order valence-electron chi connectivity index (χ2n) is 5.55. The summed E-state index contributed by atoms with van der Waals surface area (Å²) < 4.78 is 13.1. The van der Waals surface area contributed by atoms with Crippen molar-refractivity contribution in [2.24, 2.45) is 4.99 Å². The van der Waals surface area contributed by atoms with E-state index in [0.717, 1.165) is 16.2 Å². The van der Waals surface area contributed by atoms with Crippen LogP contribution < -0.4 is 24.5 Å². The van der Waals surface area contributed by atoms with Crippen LogP contribution in [-0.2, 0) is 6.67 Å². The van der Waals surface area contributed by atoms with E-state index in [1.165, 1.54) is 11.3 Å². The minimum absolute atomic E-state index is 0.0456. The molecule has 0 N–H and O–H groups in total.